The van der Waals surface area contributed by atoms with Crippen molar-refractivity contribution in [2.75, 3.05) is 7.11 Å². The molecule has 1 aromatic rings. The molecular weight excluding hydrogens is 210 g/mol. The van der Waals surface area contributed by atoms with E-state index in [2.05, 4.69) is 0 Å². The predicted octanol–water partition coefficient (Wildman–Crippen LogP) is 1.18. The third-order valence-electron chi connectivity index (χ3n) is 1.55. The molecule has 0 saturated carbocycles. The lowest BCUT2D eigenvalue weighted by atomic mass is 10.3. The minimum atomic E-state index is -2.30. The van der Waals surface area contributed by atoms with Crippen molar-refractivity contribution in [3.05, 3.63) is 28.3 Å². The third kappa shape index (κ3) is 2.06. The van der Waals surface area contributed by atoms with E-state index in [4.69, 9.17) is 9.29 Å². The van der Waals surface area contributed by atoms with Crippen LogP contribution in [0.5, 0.6) is 5.75 Å². The summed E-state index contributed by atoms with van der Waals surface area (Å²) in [5.41, 5.74) is -0.247. The fraction of sp³-hybridized carbons (Fsp3) is 0.143. The highest BCUT2D eigenvalue weighted by Gasteiger charge is 2.14. The summed E-state index contributed by atoms with van der Waals surface area (Å²) in [6.45, 7) is 0. The van der Waals surface area contributed by atoms with Crippen LogP contribution in [-0.2, 0) is 11.1 Å². The Morgan fingerprint density at radius 1 is 1.57 bits per heavy atom. The average Bonchev–Trinajstić information content (AvgIpc) is 2.16. The SMILES string of the molecule is COc1ccc([N+](=O)[O-])cc1S(=O)O. The van der Waals surface area contributed by atoms with E-state index in [1.807, 2.05) is 0 Å². The number of benzene rings is 1. The van der Waals surface area contributed by atoms with Gasteiger partial charge >= 0.3 is 0 Å². The molecular formula is C7H7NO5S. The second kappa shape index (κ2) is 4.16. The lowest BCUT2D eigenvalue weighted by molar-refractivity contribution is -0.385. The smallest absolute Gasteiger partial charge is 0.271 e. The summed E-state index contributed by atoms with van der Waals surface area (Å²) in [4.78, 5) is 9.61. The molecule has 0 saturated heterocycles. The van der Waals surface area contributed by atoms with Crippen LogP contribution in [0.25, 0.3) is 0 Å². The van der Waals surface area contributed by atoms with Gasteiger partial charge in [-0.3, -0.25) is 10.1 Å². The minimum Gasteiger partial charge on any atom is -0.495 e. The maximum absolute atomic E-state index is 10.8. The third-order valence-corrected chi connectivity index (χ3v) is 2.24. The standard InChI is InChI=1S/C7H7NO5S/c1-13-6-3-2-5(8(9)10)4-7(6)14(11)12/h2-4H,1H3,(H,11,12). The van der Waals surface area contributed by atoms with Crippen LogP contribution in [0.3, 0.4) is 0 Å². The van der Waals surface area contributed by atoms with Gasteiger partial charge in [-0.15, -0.1) is 0 Å². The second-order valence-corrected chi connectivity index (χ2v) is 3.28. The van der Waals surface area contributed by atoms with Crippen molar-refractivity contribution in [2.45, 2.75) is 4.90 Å². The first-order valence-corrected chi connectivity index (χ1v) is 4.60. The van der Waals surface area contributed by atoms with E-state index in [1.165, 1.54) is 19.2 Å². The van der Waals surface area contributed by atoms with Crippen molar-refractivity contribution in [1.29, 1.82) is 0 Å². The molecule has 14 heavy (non-hydrogen) atoms. The number of ether oxygens (including phenoxy) is 1. The Hall–Kier alpha value is -1.47. The van der Waals surface area contributed by atoms with E-state index >= 15 is 0 Å². The van der Waals surface area contributed by atoms with E-state index in [9.17, 15) is 14.3 Å². The highest BCUT2D eigenvalue weighted by molar-refractivity contribution is 7.79. The maximum atomic E-state index is 10.8. The van der Waals surface area contributed by atoms with Gasteiger partial charge in [-0.05, 0) is 6.07 Å². The maximum Gasteiger partial charge on any atom is 0.271 e. The molecule has 0 heterocycles. The second-order valence-electron chi connectivity index (χ2n) is 2.34. The highest BCUT2D eigenvalue weighted by atomic mass is 32.2. The fourth-order valence-electron chi connectivity index (χ4n) is 0.915. The van der Waals surface area contributed by atoms with E-state index in [0.717, 1.165) is 6.07 Å². The van der Waals surface area contributed by atoms with Crippen LogP contribution >= 0.6 is 0 Å². The zero-order valence-electron chi connectivity index (χ0n) is 7.17. The van der Waals surface area contributed by atoms with Crippen LogP contribution in [0.1, 0.15) is 0 Å². The molecule has 0 bridgehead atoms. The van der Waals surface area contributed by atoms with Crippen molar-refractivity contribution in [2.24, 2.45) is 0 Å². The molecule has 76 valence electrons. The summed E-state index contributed by atoms with van der Waals surface area (Å²) in [7, 11) is 1.32. The van der Waals surface area contributed by atoms with Crippen LogP contribution in [0.4, 0.5) is 5.69 Å². The average molecular weight is 217 g/mol. The quantitative estimate of drug-likeness (QED) is 0.466. The topological polar surface area (TPSA) is 89.7 Å². The highest BCUT2D eigenvalue weighted by Crippen LogP contribution is 2.25. The molecule has 0 spiro atoms. The zero-order chi connectivity index (χ0) is 10.7. The molecule has 0 aromatic heterocycles. The molecule has 1 N–H and O–H groups in total. The van der Waals surface area contributed by atoms with Crippen LogP contribution in [0.15, 0.2) is 23.1 Å². The number of nitrogens with zero attached hydrogens (tertiary/aromatic N) is 1. The number of hydrogen-bond acceptors (Lipinski definition) is 4. The summed E-state index contributed by atoms with van der Waals surface area (Å²) >= 11 is -2.30. The lowest BCUT2D eigenvalue weighted by Gasteiger charge is -2.03. The van der Waals surface area contributed by atoms with E-state index in [1.54, 1.807) is 0 Å². The van der Waals surface area contributed by atoms with Gasteiger partial charge in [0.25, 0.3) is 5.69 Å². The molecule has 0 aliphatic rings. The molecule has 1 atom stereocenters. The monoisotopic (exact) mass is 217 g/mol. The molecule has 1 aromatic carbocycles. The molecule has 0 radical (unpaired) electrons. The normalized spacial score (nSPS) is 12.1. The van der Waals surface area contributed by atoms with Crippen molar-refractivity contribution in [1.82, 2.24) is 0 Å². The van der Waals surface area contributed by atoms with Gasteiger partial charge in [-0.1, -0.05) is 0 Å². The first kappa shape index (κ1) is 10.6. The van der Waals surface area contributed by atoms with Gasteiger partial charge in [0.2, 0.25) is 0 Å². The number of nitro groups is 1. The van der Waals surface area contributed by atoms with Crippen molar-refractivity contribution >= 4 is 16.8 Å². The molecule has 0 fully saturated rings. The van der Waals surface area contributed by atoms with Crippen molar-refractivity contribution < 1.29 is 18.4 Å². The van der Waals surface area contributed by atoms with Crippen LogP contribution < -0.4 is 4.74 Å². The Labute approximate surface area is 81.9 Å². The van der Waals surface area contributed by atoms with Gasteiger partial charge < -0.3 is 9.29 Å². The Morgan fingerprint density at radius 2 is 2.21 bits per heavy atom. The first-order chi connectivity index (χ1) is 6.56. The largest absolute Gasteiger partial charge is 0.495 e. The first-order valence-electron chi connectivity index (χ1n) is 3.49. The molecule has 1 unspecified atom stereocenters. The summed E-state index contributed by atoms with van der Waals surface area (Å²) in [5, 5.41) is 10.4. The van der Waals surface area contributed by atoms with E-state index in [-0.39, 0.29) is 16.3 Å². The molecule has 0 aliphatic heterocycles. The molecule has 6 nitrogen and oxygen atoms in total. The van der Waals surface area contributed by atoms with Crippen LogP contribution in [0, 0.1) is 10.1 Å². The predicted molar refractivity (Wildman–Crippen MR) is 48.7 cm³/mol. The Kier molecular flexibility index (Phi) is 3.15. The molecule has 0 aliphatic carbocycles. The Balaban J connectivity index is 3.27. The number of rotatable bonds is 3. The van der Waals surface area contributed by atoms with Crippen molar-refractivity contribution in [3.8, 4) is 5.75 Å². The minimum absolute atomic E-state index is 0.110. The summed E-state index contributed by atoms with van der Waals surface area (Å²) in [6, 6.07) is 3.49. The molecule has 0 amide bonds. The summed E-state index contributed by atoms with van der Waals surface area (Å²) < 4.78 is 24.3. The Morgan fingerprint density at radius 3 is 2.64 bits per heavy atom. The summed E-state index contributed by atoms with van der Waals surface area (Å²) in [6.07, 6.45) is 0. The van der Waals surface area contributed by atoms with Crippen LogP contribution in [-0.4, -0.2) is 20.8 Å². The van der Waals surface area contributed by atoms with Gasteiger partial charge in [0.1, 0.15) is 10.6 Å². The van der Waals surface area contributed by atoms with Gasteiger partial charge in [-0.2, -0.15) is 0 Å². The van der Waals surface area contributed by atoms with Gasteiger partial charge in [-0.25, -0.2) is 4.21 Å². The van der Waals surface area contributed by atoms with Gasteiger partial charge in [0.15, 0.2) is 11.1 Å². The van der Waals surface area contributed by atoms with E-state index in [0.29, 0.717) is 0 Å². The lowest BCUT2D eigenvalue weighted by Crippen LogP contribution is -1.96. The number of methoxy groups -OCH3 is 1. The van der Waals surface area contributed by atoms with Gasteiger partial charge in [0, 0.05) is 12.1 Å². The summed E-state index contributed by atoms with van der Waals surface area (Å²) in [5.74, 6) is 0.149. The Bertz CT molecular complexity index is 392. The number of non-ortho nitro benzene ring substituents is 1. The number of hydrogen-bond donors (Lipinski definition) is 1. The molecule has 1 rings (SSSR count). The van der Waals surface area contributed by atoms with E-state index < -0.39 is 16.0 Å². The number of nitro benzene ring substituents is 1. The fourth-order valence-corrected chi connectivity index (χ4v) is 1.46. The molecule has 7 heteroatoms. The zero-order valence-corrected chi connectivity index (χ0v) is 7.98. The van der Waals surface area contributed by atoms with Gasteiger partial charge in [0.05, 0.1) is 12.0 Å². The van der Waals surface area contributed by atoms with Crippen LogP contribution in [0.2, 0.25) is 0 Å². The van der Waals surface area contributed by atoms with Crippen molar-refractivity contribution in [3.63, 3.8) is 0 Å².